The van der Waals surface area contributed by atoms with Gasteiger partial charge < -0.3 is 11.5 Å². The van der Waals surface area contributed by atoms with Crippen molar-refractivity contribution in [2.24, 2.45) is 17.4 Å². The van der Waals surface area contributed by atoms with E-state index in [1.54, 1.807) is 19.1 Å². The Bertz CT molecular complexity index is 493. The molecule has 1 rings (SSSR count). The van der Waals surface area contributed by atoms with Gasteiger partial charge in [-0.3, -0.25) is 0 Å². The van der Waals surface area contributed by atoms with Crippen LogP contribution in [0.3, 0.4) is 0 Å². The lowest BCUT2D eigenvalue weighted by Crippen LogP contribution is -2.25. The number of benzene rings is 1. The minimum atomic E-state index is -3.12. The lowest BCUT2D eigenvalue weighted by molar-refractivity contribution is 0.442. The maximum Gasteiger partial charge on any atom is 0.178 e. The largest absolute Gasteiger partial charge is 0.330 e. The van der Waals surface area contributed by atoms with Crippen molar-refractivity contribution in [1.29, 1.82) is 0 Å². The van der Waals surface area contributed by atoms with Gasteiger partial charge in [-0.15, -0.1) is 0 Å². The summed E-state index contributed by atoms with van der Waals surface area (Å²) in [6.07, 6.45) is 1.94. The van der Waals surface area contributed by atoms with Crippen LogP contribution >= 0.6 is 0 Å². The predicted octanol–water partition coefficient (Wildman–Crippen LogP) is 1.90. The second kappa shape index (κ2) is 7.76. The normalized spacial score (nSPS) is 13.7. The molecule has 4 N–H and O–H groups in total. The summed E-state index contributed by atoms with van der Waals surface area (Å²) in [5, 5.41) is 0. The van der Waals surface area contributed by atoms with Crippen LogP contribution in [0.1, 0.15) is 38.2 Å². The molecule has 0 aliphatic carbocycles. The van der Waals surface area contributed by atoms with Crippen LogP contribution in [0.2, 0.25) is 0 Å². The molecule has 0 bridgehead atoms. The summed E-state index contributed by atoms with van der Waals surface area (Å²) in [5.41, 5.74) is 12.6. The number of nitrogens with two attached hydrogens (primary N) is 2. The van der Waals surface area contributed by atoms with Gasteiger partial charge in [-0.25, -0.2) is 8.42 Å². The average molecular weight is 298 g/mol. The van der Waals surface area contributed by atoms with E-state index in [0.717, 1.165) is 18.4 Å². The van der Waals surface area contributed by atoms with Gasteiger partial charge in [0.1, 0.15) is 0 Å². The van der Waals surface area contributed by atoms with E-state index in [-0.39, 0.29) is 5.75 Å². The van der Waals surface area contributed by atoms with E-state index >= 15 is 0 Å². The molecule has 4 nitrogen and oxygen atoms in total. The Labute approximate surface area is 122 Å². The Morgan fingerprint density at radius 2 is 1.60 bits per heavy atom. The van der Waals surface area contributed by atoms with E-state index in [4.69, 9.17) is 11.5 Å². The fourth-order valence-corrected chi connectivity index (χ4v) is 3.23. The third-order valence-corrected chi connectivity index (χ3v) is 5.62. The summed E-state index contributed by atoms with van der Waals surface area (Å²) >= 11 is 0. The third-order valence-electron chi connectivity index (χ3n) is 3.87. The topological polar surface area (TPSA) is 86.2 Å². The molecule has 0 aliphatic rings. The summed E-state index contributed by atoms with van der Waals surface area (Å²) < 4.78 is 23.6. The molecule has 0 aromatic heterocycles. The number of sulfone groups is 1. The fraction of sp³-hybridized carbons (Fsp3) is 0.600. The van der Waals surface area contributed by atoms with Gasteiger partial charge in [-0.2, -0.15) is 0 Å². The van der Waals surface area contributed by atoms with Crippen LogP contribution < -0.4 is 11.5 Å². The first-order valence-corrected chi connectivity index (χ1v) is 8.86. The van der Waals surface area contributed by atoms with Crippen molar-refractivity contribution in [2.75, 3.05) is 18.8 Å². The quantitative estimate of drug-likeness (QED) is 0.767. The Morgan fingerprint density at radius 3 is 2.00 bits per heavy atom. The van der Waals surface area contributed by atoms with Crippen molar-refractivity contribution < 1.29 is 8.42 Å². The summed E-state index contributed by atoms with van der Waals surface area (Å²) in [6.45, 7) is 4.97. The van der Waals surface area contributed by atoms with Gasteiger partial charge in [0, 0.05) is 0 Å². The highest BCUT2D eigenvalue weighted by Gasteiger charge is 2.16. The Hall–Kier alpha value is -0.910. The van der Waals surface area contributed by atoms with E-state index in [2.05, 4.69) is 6.92 Å². The third kappa shape index (κ3) is 4.30. The van der Waals surface area contributed by atoms with E-state index in [0.29, 0.717) is 29.8 Å². The van der Waals surface area contributed by atoms with Crippen LogP contribution in [-0.4, -0.2) is 27.3 Å². The van der Waals surface area contributed by atoms with Crippen molar-refractivity contribution in [1.82, 2.24) is 0 Å². The second-order valence-electron chi connectivity index (χ2n) is 5.15. The first kappa shape index (κ1) is 17.1. The SMILES string of the molecule is CCC(CC(CN)CN)c1ccc(S(=O)(=O)CC)cc1. The molecule has 0 aliphatic heterocycles. The van der Waals surface area contributed by atoms with Crippen LogP contribution in [0.5, 0.6) is 0 Å². The molecular formula is C15H26N2O2S. The zero-order valence-corrected chi connectivity index (χ0v) is 13.2. The molecular weight excluding hydrogens is 272 g/mol. The van der Waals surface area contributed by atoms with Crippen LogP contribution in [0, 0.1) is 5.92 Å². The highest BCUT2D eigenvalue weighted by Crippen LogP contribution is 2.27. The molecule has 20 heavy (non-hydrogen) atoms. The molecule has 0 spiro atoms. The van der Waals surface area contributed by atoms with E-state index in [1.165, 1.54) is 0 Å². The average Bonchev–Trinajstić information content (AvgIpc) is 2.49. The molecule has 0 saturated heterocycles. The van der Waals surface area contributed by atoms with Crippen molar-refractivity contribution >= 4 is 9.84 Å². The van der Waals surface area contributed by atoms with E-state index in [9.17, 15) is 8.42 Å². The van der Waals surface area contributed by atoms with Gasteiger partial charge in [0.15, 0.2) is 9.84 Å². The highest BCUT2D eigenvalue weighted by molar-refractivity contribution is 7.91. The van der Waals surface area contributed by atoms with Gasteiger partial charge in [-0.1, -0.05) is 26.0 Å². The van der Waals surface area contributed by atoms with Crippen molar-refractivity contribution in [3.63, 3.8) is 0 Å². The summed E-state index contributed by atoms with van der Waals surface area (Å²) in [5.74, 6) is 0.830. The van der Waals surface area contributed by atoms with Crippen molar-refractivity contribution in [3.8, 4) is 0 Å². The number of hydrogen-bond donors (Lipinski definition) is 2. The van der Waals surface area contributed by atoms with Gasteiger partial charge in [0.25, 0.3) is 0 Å². The van der Waals surface area contributed by atoms with Crippen LogP contribution in [0.25, 0.3) is 0 Å². The molecule has 0 heterocycles. The lowest BCUT2D eigenvalue weighted by atomic mass is 9.87. The number of rotatable bonds is 8. The fourth-order valence-electron chi connectivity index (χ4n) is 2.34. The molecule has 0 radical (unpaired) electrons. The first-order chi connectivity index (χ1) is 9.48. The number of hydrogen-bond acceptors (Lipinski definition) is 4. The van der Waals surface area contributed by atoms with E-state index < -0.39 is 9.84 Å². The minimum Gasteiger partial charge on any atom is -0.330 e. The molecule has 1 atom stereocenters. The van der Waals surface area contributed by atoms with Gasteiger partial charge >= 0.3 is 0 Å². The zero-order chi connectivity index (χ0) is 15.2. The monoisotopic (exact) mass is 298 g/mol. The molecule has 1 unspecified atom stereocenters. The van der Waals surface area contributed by atoms with Crippen LogP contribution in [-0.2, 0) is 9.84 Å². The van der Waals surface area contributed by atoms with Gasteiger partial charge in [-0.05, 0) is 55.5 Å². The summed E-state index contributed by atoms with van der Waals surface area (Å²) in [7, 11) is -3.12. The summed E-state index contributed by atoms with van der Waals surface area (Å²) in [6, 6.07) is 7.25. The van der Waals surface area contributed by atoms with Gasteiger partial charge in [0.05, 0.1) is 10.6 Å². The lowest BCUT2D eigenvalue weighted by Gasteiger charge is -2.21. The maximum absolute atomic E-state index is 11.8. The standard InChI is InChI=1S/C15H26N2O2S/c1-3-13(9-12(10-16)11-17)14-5-7-15(8-6-14)20(18,19)4-2/h5-8,12-13H,3-4,9-11,16-17H2,1-2H3. The maximum atomic E-state index is 11.8. The molecule has 1 aromatic rings. The Balaban J connectivity index is 2.90. The predicted molar refractivity (Wildman–Crippen MR) is 83.4 cm³/mol. The second-order valence-corrected chi connectivity index (χ2v) is 7.43. The van der Waals surface area contributed by atoms with Crippen molar-refractivity contribution in [3.05, 3.63) is 29.8 Å². The highest BCUT2D eigenvalue weighted by atomic mass is 32.2. The smallest absolute Gasteiger partial charge is 0.178 e. The molecule has 1 aromatic carbocycles. The van der Waals surface area contributed by atoms with E-state index in [1.807, 2.05) is 12.1 Å². The van der Waals surface area contributed by atoms with Crippen molar-refractivity contribution in [2.45, 2.75) is 37.5 Å². The molecule has 5 heteroatoms. The van der Waals surface area contributed by atoms with Crippen LogP contribution in [0.15, 0.2) is 29.2 Å². The molecule has 0 saturated carbocycles. The first-order valence-electron chi connectivity index (χ1n) is 7.21. The molecule has 114 valence electrons. The molecule has 0 amide bonds. The molecule has 0 fully saturated rings. The minimum absolute atomic E-state index is 0.131. The Morgan fingerprint density at radius 1 is 1.05 bits per heavy atom. The van der Waals surface area contributed by atoms with Gasteiger partial charge in [0.2, 0.25) is 0 Å². The Kier molecular flexibility index (Phi) is 6.65. The zero-order valence-electron chi connectivity index (χ0n) is 12.4. The van der Waals surface area contributed by atoms with Crippen LogP contribution in [0.4, 0.5) is 0 Å². The summed E-state index contributed by atoms with van der Waals surface area (Å²) in [4.78, 5) is 0.396.